The predicted molar refractivity (Wildman–Crippen MR) is 69.8 cm³/mol. The fourth-order valence-electron chi connectivity index (χ4n) is 1.93. The Morgan fingerprint density at radius 1 is 1.47 bits per heavy atom. The van der Waals surface area contributed by atoms with Crippen LogP contribution < -0.4 is 5.32 Å². The summed E-state index contributed by atoms with van der Waals surface area (Å²) in [7, 11) is -3.38. The summed E-state index contributed by atoms with van der Waals surface area (Å²) < 4.78 is 17.1. The molecule has 17 heavy (non-hydrogen) atoms. The molecule has 0 bridgehead atoms. The zero-order chi connectivity index (χ0) is 12.9. The fourth-order valence-corrected chi connectivity index (χ4v) is 5.22. The van der Waals surface area contributed by atoms with Crippen molar-refractivity contribution in [3.05, 3.63) is 0 Å². The number of ether oxygens (including phenoxy) is 1. The van der Waals surface area contributed by atoms with E-state index in [2.05, 4.69) is 5.32 Å². The van der Waals surface area contributed by atoms with Crippen LogP contribution >= 0.6 is 19.1 Å². The molecular formula is C10H20NO4PS. The maximum Gasteiger partial charge on any atom is 0.408 e. The van der Waals surface area contributed by atoms with E-state index in [4.69, 9.17) is 4.74 Å². The van der Waals surface area contributed by atoms with Gasteiger partial charge in [0.1, 0.15) is 5.28 Å². The quantitative estimate of drug-likeness (QED) is 0.773. The Bertz CT molecular complexity index is 317. The third kappa shape index (κ3) is 3.39. The minimum absolute atomic E-state index is 0.171. The maximum atomic E-state index is 12.3. The van der Waals surface area contributed by atoms with Gasteiger partial charge in [-0.15, -0.1) is 0 Å². The number of nitrogens with one attached hydrogen (secondary N) is 1. The van der Waals surface area contributed by atoms with E-state index >= 15 is 0 Å². The Kier molecular flexibility index (Phi) is 5.35. The topological polar surface area (TPSA) is 75.6 Å². The van der Waals surface area contributed by atoms with Crippen LogP contribution in [0.3, 0.4) is 0 Å². The van der Waals surface area contributed by atoms with Crippen LogP contribution in [0, 0.1) is 0 Å². The monoisotopic (exact) mass is 281 g/mol. The van der Waals surface area contributed by atoms with Crippen molar-refractivity contribution in [1.29, 1.82) is 0 Å². The molecule has 0 saturated carbocycles. The summed E-state index contributed by atoms with van der Waals surface area (Å²) in [5, 5.41) is 1.65. The van der Waals surface area contributed by atoms with Gasteiger partial charge in [0, 0.05) is 6.16 Å². The van der Waals surface area contributed by atoms with Gasteiger partial charge in [0.05, 0.1) is 6.61 Å². The second kappa shape index (κ2) is 6.12. The van der Waals surface area contributed by atoms with Crippen LogP contribution in [0.15, 0.2) is 0 Å². The van der Waals surface area contributed by atoms with E-state index in [0.717, 1.165) is 11.5 Å². The van der Waals surface area contributed by atoms with Crippen LogP contribution in [0.4, 0.5) is 4.79 Å². The van der Waals surface area contributed by atoms with Gasteiger partial charge < -0.3 is 14.9 Å². The molecule has 0 aromatic rings. The Labute approximate surface area is 106 Å². The van der Waals surface area contributed by atoms with Gasteiger partial charge in [0.15, 0.2) is 0 Å². The highest BCUT2D eigenvalue weighted by Crippen LogP contribution is 2.58. The van der Waals surface area contributed by atoms with Gasteiger partial charge in [-0.1, -0.05) is 6.92 Å². The summed E-state index contributed by atoms with van der Waals surface area (Å²) in [6.07, 6.45) is 0.627. The molecule has 1 rings (SSSR count). The summed E-state index contributed by atoms with van der Waals surface area (Å²) >= 11 is 1.74. The number of hydrogen-bond acceptors (Lipinski definition) is 4. The van der Waals surface area contributed by atoms with Gasteiger partial charge in [-0.2, -0.15) is 11.8 Å². The molecule has 5 nitrogen and oxygen atoms in total. The van der Waals surface area contributed by atoms with E-state index in [1.807, 2.05) is 0 Å². The predicted octanol–water partition coefficient (Wildman–Crippen LogP) is 2.25. The number of thioether (sulfide) groups is 1. The number of amides is 1. The summed E-state index contributed by atoms with van der Waals surface area (Å²) in [5.41, 5.74) is 0. The second-order valence-corrected chi connectivity index (χ2v) is 8.12. The molecule has 0 aromatic heterocycles. The summed E-state index contributed by atoms with van der Waals surface area (Å²) in [6, 6.07) is 0. The van der Waals surface area contributed by atoms with Crippen molar-refractivity contribution in [2.45, 2.75) is 32.0 Å². The van der Waals surface area contributed by atoms with E-state index in [-0.39, 0.29) is 12.8 Å². The first-order chi connectivity index (χ1) is 7.97. The zero-order valence-electron chi connectivity index (χ0n) is 10.3. The van der Waals surface area contributed by atoms with Crippen molar-refractivity contribution < 1.29 is 19.0 Å². The van der Waals surface area contributed by atoms with Crippen LogP contribution in [0.2, 0.25) is 0 Å². The van der Waals surface area contributed by atoms with Crippen molar-refractivity contribution in [2.75, 3.05) is 24.3 Å². The standard InChI is InChI=1S/C10H20NO4PS/c1-3-15-9(12)11-10(16(13,14)4-2)5-7-17-8-6-10/h3-8H2,1-2H3,(H,11,12)(H,13,14). The molecular weight excluding hydrogens is 261 g/mol. The average molecular weight is 281 g/mol. The lowest BCUT2D eigenvalue weighted by Crippen LogP contribution is -2.51. The number of rotatable bonds is 4. The molecule has 1 amide bonds. The Hall–Kier alpha value is -0.190. The van der Waals surface area contributed by atoms with Crippen LogP contribution in [0.25, 0.3) is 0 Å². The largest absolute Gasteiger partial charge is 0.450 e. The molecule has 0 spiro atoms. The van der Waals surface area contributed by atoms with Gasteiger partial charge in [-0.05, 0) is 31.3 Å². The number of carbonyl (C=O) groups is 1. The molecule has 1 atom stereocenters. The molecule has 1 saturated heterocycles. The number of hydrogen-bond donors (Lipinski definition) is 2. The highest BCUT2D eigenvalue weighted by atomic mass is 32.2. The third-order valence-corrected chi connectivity index (χ3v) is 6.77. The normalized spacial score (nSPS) is 22.5. The minimum atomic E-state index is -3.38. The highest BCUT2D eigenvalue weighted by Gasteiger charge is 2.48. The smallest absolute Gasteiger partial charge is 0.408 e. The lowest BCUT2D eigenvalue weighted by atomic mass is 10.1. The van der Waals surface area contributed by atoms with Gasteiger partial charge in [0.2, 0.25) is 7.37 Å². The van der Waals surface area contributed by atoms with E-state index < -0.39 is 18.7 Å². The van der Waals surface area contributed by atoms with Crippen molar-refractivity contribution in [2.24, 2.45) is 0 Å². The zero-order valence-corrected chi connectivity index (χ0v) is 12.0. The molecule has 0 aromatic carbocycles. The highest BCUT2D eigenvalue weighted by molar-refractivity contribution is 7.99. The van der Waals surface area contributed by atoms with Gasteiger partial charge in [-0.25, -0.2) is 4.79 Å². The molecule has 7 heteroatoms. The summed E-state index contributed by atoms with van der Waals surface area (Å²) in [6.45, 7) is 3.65. The van der Waals surface area contributed by atoms with Crippen molar-refractivity contribution in [3.63, 3.8) is 0 Å². The molecule has 1 aliphatic rings. The molecule has 1 aliphatic heterocycles. The van der Waals surface area contributed by atoms with Gasteiger partial charge in [0.25, 0.3) is 0 Å². The fraction of sp³-hybridized carbons (Fsp3) is 0.900. The van der Waals surface area contributed by atoms with E-state index in [0.29, 0.717) is 12.8 Å². The lowest BCUT2D eigenvalue weighted by molar-refractivity contribution is 0.142. The minimum Gasteiger partial charge on any atom is -0.450 e. The molecule has 100 valence electrons. The van der Waals surface area contributed by atoms with Gasteiger partial charge >= 0.3 is 6.09 Å². The lowest BCUT2D eigenvalue weighted by Gasteiger charge is -2.40. The van der Waals surface area contributed by atoms with Crippen LogP contribution in [0.1, 0.15) is 26.7 Å². The van der Waals surface area contributed by atoms with E-state index in [1.165, 1.54) is 0 Å². The molecule has 2 N–H and O–H groups in total. The molecule has 0 aliphatic carbocycles. The van der Waals surface area contributed by atoms with Crippen LogP contribution in [-0.2, 0) is 9.30 Å². The first kappa shape index (κ1) is 14.9. The van der Waals surface area contributed by atoms with Crippen molar-refractivity contribution in [3.8, 4) is 0 Å². The van der Waals surface area contributed by atoms with Crippen LogP contribution in [-0.4, -0.2) is 40.5 Å². The summed E-state index contributed by atoms with van der Waals surface area (Å²) in [4.78, 5) is 21.6. The Morgan fingerprint density at radius 2 is 2.06 bits per heavy atom. The Balaban J connectivity index is 2.86. The third-order valence-electron chi connectivity index (χ3n) is 3.03. The van der Waals surface area contributed by atoms with Crippen molar-refractivity contribution >= 4 is 25.2 Å². The van der Waals surface area contributed by atoms with E-state index in [1.54, 1.807) is 25.6 Å². The molecule has 1 unspecified atom stereocenters. The molecule has 1 heterocycles. The maximum absolute atomic E-state index is 12.3. The molecule has 1 fully saturated rings. The van der Waals surface area contributed by atoms with E-state index in [9.17, 15) is 14.3 Å². The number of carbonyl (C=O) groups excluding carboxylic acids is 1. The first-order valence-corrected chi connectivity index (χ1v) is 8.82. The number of alkyl carbamates (subject to hydrolysis) is 1. The second-order valence-electron chi connectivity index (χ2n) is 4.01. The SMILES string of the molecule is CCOC(=O)NC1(P(=O)(O)CC)CCSCC1. The summed E-state index contributed by atoms with van der Waals surface area (Å²) in [5.74, 6) is 1.58. The van der Waals surface area contributed by atoms with Gasteiger partial charge in [-0.3, -0.25) is 4.57 Å². The first-order valence-electron chi connectivity index (χ1n) is 5.82. The van der Waals surface area contributed by atoms with Crippen LogP contribution in [0.5, 0.6) is 0 Å². The molecule has 0 radical (unpaired) electrons. The van der Waals surface area contributed by atoms with Crippen molar-refractivity contribution in [1.82, 2.24) is 5.32 Å². The average Bonchev–Trinajstić information content (AvgIpc) is 2.30. The Morgan fingerprint density at radius 3 is 2.53 bits per heavy atom.